The van der Waals surface area contributed by atoms with Crippen LogP contribution in [0.5, 0.6) is 5.75 Å². The summed E-state index contributed by atoms with van der Waals surface area (Å²) in [6, 6.07) is 20.6. The van der Waals surface area contributed by atoms with Gasteiger partial charge in [-0.3, -0.25) is 14.5 Å². The first-order valence-corrected chi connectivity index (χ1v) is 13.2. The zero-order valence-corrected chi connectivity index (χ0v) is 22.1. The number of methoxy groups -OCH3 is 1. The summed E-state index contributed by atoms with van der Waals surface area (Å²) in [6.45, 7) is 4.51. The standard InChI is InChI=1S/C31H30N4O4/c1-18(2)17-32-29(36)22-12-5-7-14-25(22)35-30(37)26-16-23-21-11-4-6-13-24(21)33-27(23)28(34(26)31(35)38)19-9-8-10-20(15-19)39-3/h4-15,18,26,28,33H,16-17H2,1-3H3,(H,32,36)/t26-,28+/m0/s1. The molecule has 2 atom stereocenters. The summed E-state index contributed by atoms with van der Waals surface area (Å²) in [6.07, 6.45) is 0.378. The molecule has 6 rings (SSSR count). The molecule has 0 bridgehead atoms. The number of urea groups is 1. The second-order valence-electron chi connectivity index (χ2n) is 10.4. The molecule has 0 aliphatic carbocycles. The summed E-state index contributed by atoms with van der Waals surface area (Å²) in [5, 5.41) is 3.95. The van der Waals surface area contributed by atoms with Crippen molar-refractivity contribution in [2.45, 2.75) is 32.4 Å². The Morgan fingerprint density at radius 3 is 2.62 bits per heavy atom. The van der Waals surface area contributed by atoms with E-state index in [9.17, 15) is 14.4 Å². The predicted molar refractivity (Wildman–Crippen MR) is 149 cm³/mol. The van der Waals surface area contributed by atoms with Gasteiger partial charge in [-0.25, -0.2) is 9.69 Å². The van der Waals surface area contributed by atoms with E-state index >= 15 is 0 Å². The van der Waals surface area contributed by atoms with E-state index in [1.165, 1.54) is 4.90 Å². The van der Waals surface area contributed by atoms with Crippen molar-refractivity contribution >= 4 is 34.4 Å². The molecule has 1 fully saturated rings. The monoisotopic (exact) mass is 522 g/mol. The maximum absolute atomic E-state index is 14.2. The van der Waals surface area contributed by atoms with Crippen LogP contribution in [-0.2, 0) is 11.2 Å². The molecule has 4 amide bonds. The number of nitrogens with one attached hydrogen (secondary N) is 2. The molecule has 4 aromatic rings. The molecular weight excluding hydrogens is 492 g/mol. The molecule has 3 heterocycles. The Balaban J connectivity index is 1.47. The summed E-state index contributed by atoms with van der Waals surface area (Å²) >= 11 is 0. The Hall–Kier alpha value is -4.59. The molecule has 1 saturated heterocycles. The lowest BCUT2D eigenvalue weighted by atomic mass is 9.89. The van der Waals surface area contributed by atoms with Crippen molar-refractivity contribution in [3.05, 3.63) is 95.2 Å². The molecule has 0 radical (unpaired) electrons. The Bertz CT molecular complexity index is 1610. The van der Waals surface area contributed by atoms with E-state index in [-0.39, 0.29) is 17.7 Å². The lowest BCUT2D eigenvalue weighted by Crippen LogP contribution is -2.44. The third-order valence-corrected chi connectivity index (χ3v) is 7.52. The lowest BCUT2D eigenvalue weighted by Gasteiger charge is -2.36. The number of aromatic amines is 1. The van der Waals surface area contributed by atoms with Crippen molar-refractivity contribution in [1.82, 2.24) is 15.2 Å². The Labute approximate surface area is 226 Å². The van der Waals surface area contributed by atoms with Crippen LogP contribution < -0.4 is 15.0 Å². The molecular formula is C31H30N4O4. The number of aromatic nitrogens is 1. The molecule has 1 aromatic heterocycles. The summed E-state index contributed by atoms with van der Waals surface area (Å²) in [7, 11) is 1.60. The third-order valence-electron chi connectivity index (χ3n) is 7.52. The van der Waals surface area contributed by atoms with Crippen molar-refractivity contribution < 1.29 is 19.1 Å². The Morgan fingerprint density at radius 2 is 1.82 bits per heavy atom. The fraction of sp³-hybridized carbons (Fsp3) is 0.258. The molecule has 8 nitrogen and oxygen atoms in total. The fourth-order valence-corrected chi connectivity index (χ4v) is 5.71. The van der Waals surface area contributed by atoms with Crippen molar-refractivity contribution in [2.75, 3.05) is 18.6 Å². The number of imide groups is 1. The molecule has 8 heteroatoms. The van der Waals surface area contributed by atoms with Gasteiger partial charge < -0.3 is 15.0 Å². The minimum absolute atomic E-state index is 0.262. The molecule has 198 valence electrons. The molecule has 0 saturated carbocycles. The van der Waals surface area contributed by atoms with Gasteiger partial charge >= 0.3 is 6.03 Å². The highest BCUT2D eigenvalue weighted by molar-refractivity contribution is 6.24. The van der Waals surface area contributed by atoms with Crippen molar-refractivity contribution in [2.24, 2.45) is 5.92 Å². The van der Waals surface area contributed by atoms with Gasteiger partial charge in [0, 0.05) is 29.6 Å². The molecule has 0 spiro atoms. The molecule has 0 unspecified atom stereocenters. The summed E-state index contributed by atoms with van der Waals surface area (Å²) in [4.78, 5) is 47.7. The van der Waals surface area contributed by atoms with Crippen LogP contribution in [-0.4, -0.2) is 47.4 Å². The normalized spacial score (nSPS) is 18.5. The number of nitrogens with zero attached hydrogens (tertiary/aromatic N) is 2. The predicted octanol–water partition coefficient (Wildman–Crippen LogP) is 5.05. The number of ether oxygens (including phenoxy) is 1. The number of carbonyl (C=O) groups is 3. The van der Waals surface area contributed by atoms with Crippen LogP contribution in [0, 0.1) is 5.92 Å². The zero-order chi connectivity index (χ0) is 27.3. The fourth-order valence-electron chi connectivity index (χ4n) is 5.71. The number of hydrogen-bond donors (Lipinski definition) is 2. The van der Waals surface area contributed by atoms with Crippen molar-refractivity contribution in [3.63, 3.8) is 0 Å². The van der Waals surface area contributed by atoms with E-state index < -0.39 is 18.1 Å². The Kier molecular flexibility index (Phi) is 6.10. The topological polar surface area (TPSA) is 94.7 Å². The van der Waals surface area contributed by atoms with E-state index in [1.54, 1.807) is 36.3 Å². The number of carbonyl (C=O) groups excluding carboxylic acids is 3. The number of amides is 4. The summed E-state index contributed by atoms with van der Waals surface area (Å²) in [5.41, 5.74) is 4.28. The van der Waals surface area contributed by atoms with Gasteiger partial charge in [0.1, 0.15) is 17.8 Å². The maximum atomic E-state index is 14.2. The number of anilines is 1. The van der Waals surface area contributed by atoms with Crippen LogP contribution in [0.15, 0.2) is 72.8 Å². The number of hydrogen-bond acceptors (Lipinski definition) is 4. The molecule has 2 N–H and O–H groups in total. The smallest absolute Gasteiger partial charge is 0.332 e. The zero-order valence-electron chi connectivity index (χ0n) is 22.1. The van der Waals surface area contributed by atoms with Gasteiger partial charge in [-0.05, 0) is 47.4 Å². The first-order valence-electron chi connectivity index (χ1n) is 13.2. The van der Waals surface area contributed by atoms with E-state index in [4.69, 9.17) is 4.74 Å². The molecule has 2 aliphatic rings. The summed E-state index contributed by atoms with van der Waals surface area (Å²) < 4.78 is 5.49. The van der Waals surface area contributed by atoms with E-state index in [1.807, 2.05) is 62.4 Å². The number of fused-ring (bicyclic) bond motifs is 4. The van der Waals surface area contributed by atoms with Crippen molar-refractivity contribution in [3.8, 4) is 5.75 Å². The highest BCUT2D eigenvalue weighted by atomic mass is 16.5. The quantitative estimate of drug-likeness (QED) is 0.347. The number of para-hydroxylation sites is 2. The van der Waals surface area contributed by atoms with Crippen molar-refractivity contribution in [1.29, 1.82) is 0 Å². The summed E-state index contributed by atoms with van der Waals surface area (Å²) in [5.74, 6) is 0.269. The van der Waals surface area contributed by atoms with Gasteiger partial charge in [-0.15, -0.1) is 0 Å². The van der Waals surface area contributed by atoms with E-state index in [0.29, 0.717) is 30.0 Å². The van der Waals surface area contributed by atoms with Crippen LogP contribution in [0.25, 0.3) is 10.9 Å². The van der Waals surface area contributed by atoms with Crippen LogP contribution >= 0.6 is 0 Å². The first-order chi connectivity index (χ1) is 18.9. The van der Waals surface area contributed by atoms with Crippen LogP contribution in [0.4, 0.5) is 10.5 Å². The SMILES string of the molecule is COc1cccc([C@@H]2c3[nH]c4ccccc4c3C[C@H]3C(=O)N(c4ccccc4C(=O)NCC(C)C)C(=O)N23)c1. The van der Waals surface area contributed by atoms with E-state index in [2.05, 4.69) is 10.3 Å². The number of H-pyrrole nitrogens is 1. The van der Waals surface area contributed by atoms with Gasteiger partial charge in [-0.2, -0.15) is 0 Å². The van der Waals surface area contributed by atoms with Gasteiger partial charge in [-0.1, -0.05) is 56.3 Å². The molecule has 2 aliphatic heterocycles. The lowest BCUT2D eigenvalue weighted by molar-refractivity contribution is -0.120. The van der Waals surface area contributed by atoms with E-state index in [0.717, 1.165) is 27.7 Å². The molecule has 3 aromatic carbocycles. The molecule has 39 heavy (non-hydrogen) atoms. The number of rotatable bonds is 6. The van der Waals surface area contributed by atoms with Crippen LogP contribution in [0.3, 0.4) is 0 Å². The van der Waals surface area contributed by atoms with Gasteiger partial charge in [0.2, 0.25) is 0 Å². The largest absolute Gasteiger partial charge is 0.497 e. The minimum atomic E-state index is -0.716. The first kappa shape index (κ1) is 24.7. The Morgan fingerprint density at radius 1 is 1.05 bits per heavy atom. The average molecular weight is 523 g/mol. The highest BCUT2D eigenvalue weighted by Gasteiger charge is 2.53. The third kappa shape index (κ3) is 4.03. The van der Waals surface area contributed by atoms with Crippen LogP contribution in [0.1, 0.15) is 47.1 Å². The second-order valence-corrected chi connectivity index (χ2v) is 10.4. The maximum Gasteiger partial charge on any atom is 0.332 e. The second kappa shape index (κ2) is 9.62. The van der Waals surface area contributed by atoms with Crippen LogP contribution in [0.2, 0.25) is 0 Å². The minimum Gasteiger partial charge on any atom is -0.497 e. The van der Waals surface area contributed by atoms with Gasteiger partial charge in [0.15, 0.2) is 0 Å². The van der Waals surface area contributed by atoms with Gasteiger partial charge in [0.05, 0.1) is 18.4 Å². The number of benzene rings is 3. The highest BCUT2D eigenvalue weighted by Crippen LogP contribution is 2.45. The van der Waals surface area contributed by atoms with Gasteiger partial charge in [0.25, 0.3) is 11.8 Å². The average Bonchev–Trinajstić information content (AvgIpc) is 3.44.